The molecule has 0 aliphatic carbocycles. The SMILES string of the molecule is Nc1ccc(Sc2ccccc2N)cc1N. The predicted octanol–water partition coefficient (Wildman–Crippen LogP) is 2.58. The minimum Gasteiger partial charge on any atom is -0.398 e. The summed E-state index contributed by atoms with van der Waals surface area (Å²) in [5.74, 6) is 0. The van der Waals surface area contributed by atoms with E-state index in [9.17, 15) is 0 Å². The topological polar surface area (TPSA) is 78.1 Å². The average molecular weight is 231 g/mol. The molecule has 0 saturated heterocycles. The number of hydrogen-bond donors (Lipinski definition) is 3. The van der Waals surface area contributed by atoms with Gasteiger partial charge in [0.2, 0.25) is 0 Å². The summed E-state index contributed by atoms with van der Waals surface area (Å²) in [7, 11) is 0. The molecule has 0 aliphatic rings. The van der Waals surface area contributed by atoms with E-state index in [0.29, 0.717) is 11.4 Å². The molecule has 0 radical (unpaired) electrons. The maximum Gasteiger partial charge on any atom is 0.0559 e. The molecule has 4 heteroatoms. The molecular formula is C12H13N3S. The number of anilines is 3. The molecule has 16 heavy (non-hydrogen) atoms. The number of para-hydroxylation sites is 1. The van der Waals surface area contributed by atoms with Crippen LogP contribution in [-0.4, -0.2) is 0 Å². The molecule has 0 aromatic heterocycles. The van der Waals surface area contributed by atoms with Gasteiger partial charge in [-0.15, -0.1) is 0 Å². The molecule has 0 saturated carbocycles. The summed E-state index contributed by atoms with van der Waals surface area (Å²) < 4.78 is 0. The van der Waals surface area contributed by atoms with Crippen LogP contribution in [0.2, 0.25) is 0 Å². The van der Waals surface area contributed by atoms with E-state index < -0.39 is 0 Å². The Balaban J connectivity index is 2.28. The summed E-state index contributed by atoms with van der Waals surface area (Å²) in [5, 5.41) is 0. The summed E-state index contributed by atoms with van der Waals surface area (Å²) >= 11 is 1.58. The zero-order chi connectivity index (χ0) is 11.5. The highest BCUT2D eigenvalue weighted by Crippen LogP contribution is 2.33. The van der Waals surface area contributed by atoms with Gasteiger partial charge in [-0.25, -0.2) is 0 Å². The van der Waals surface area contributed by atoms with E-state index in [1.165, 1.54) is 0 Å². The molecule has 82 valence electrons. The second-order valence-electron chi connectivity index (χ2n) is 3.43. The maximum atomic E-state index is 5.86. The minimum absolute atomic E-state index is 0.597. The fraction of sp³-hybridized carbons (Fsp3) is 0. The van der Waals surface area contributed by atoms with E-state index in [4.69, 9.17) is 17.2 Å². The van der Waals surface area contributed by atoms with Gasteiger partial charge in [0.25, 0.3) is 0 Å². The lowest BCUT2D eigenvalue weighted by molar-refractivity contribution is 1.41. The lowest BCUT2D eigenvalue weighted by Crippen LogP contribution is -1.94. The Morgan fingerprint density at radius 2 is 1.50 bits per heavy atom. The fourth-order valence-corrected chi connectivity index (χ4v) is 2.23. The van der Waals surface area contributed by atoms with E-state index >= 15 is 0 Å². The highest BCUT2D eigenvalue weighted by Gasteiger charge is 2.02. The quantitative estimate of drug-likeness (QED) is 0.694. The summed E-state index contributed by atoms with van der Waals surface area (Å²) in [6, 6.07) is 13.3. The number of nitrogen functional groups attached to an aromatic ring is 3. The van der Waals surface area contributed by atoms with Crippen LogP contribution in [0.4, 0.5) is 17.1 Å². The zero-order valence-corrected chi connectivity index (χ0v) is 9.50. The zero-order valence-electron chi connectivity index (χ0n) is 8.68. The average Bonchev–Trinajstić information content (AvgIpc) is 2.27. The number of rotatable bonds is 2. The third-order valence-electron chi connectivity index (χ3n) is 2.21. The van der Waals surface area contributed by atoms with Gasteiger partial charge in [0, 0.05) is 15.5 Å². The van der Waals surface area contributed by atoms with Crippen LogP contribution >= 0.6 is 11.8 Å². The van der Waals surface area contributed by atoms with Crippen molar-refractivity contribution < 1.29 is 0 Å². The Kier molecular flexibility index (Phi) is 2.92. The van der Waals surface area contributed by atoms with E-state index in [2.05, 4.69) is 0 Å². The molecule has 0 amide bonds. The Hall–Kier alpha value is -1.81. The second kappa shape index (κ2) is 4.37. The summed E-state index contributed by atoms with van der Waals surface area (Å²) in [4.78, 5) is 2.05. The van der Waals surface area contributed by atoms with Gasteiger partial charge in [-0.2, -0.15) is 0 Å². The summed E-state index contributed by atoms with van der Waals surface area (Å²) in [6.07, 6.45) is 0. The van der Waals surface area contributed by atoms with Crippen LogP contribution < -0.4 is 17.2 Å². The third kappa shape index (κ3) is 2.23. The van der Waals surface area contributed by atoms with Crippen LogP contribution in [0.1, 0.15) is 0 Å². The van der Waals surface area contributed by atoms with Gasteiger partial charge < -0.3 is 17.2 Å². The smallest absolute Gasteiger partial charge is 0.0559 e. The van der Waals surface area contributed by atoms with Gasteiger partial charge in [0.15, 0.2) is 0 Å². The predicted molar refractivity (Wildman–Crippen MR) is 70.2 cm³/mol. The molecule has 0 fully saturated rings. The largest absolute Gasteiger partial charge is 0.398 e. The number of hydrogen-bond acceptors (Lipinski definition) is 4. The molecule has 0 spiro atoms. The van der Waals surface area contributed by atoms with Crippen molar-refractivity contribution in [3.8, 4) is 0 Å². The van der Waals surface area contributed by atoms with Crippen LogP contribution in [0.15, 0.2) is 52.3 Å². The highest BCUT2D eigenvalue weighted by atomic mass is 32.2. The van der Waals surface area contributed by atoms with Crippen molar-refractivity contribution in [1.82, 2.24) is 0 Å². The van der Waals surface area contributed by atoms with Gasteiger partial charge in [-0.05, 0) is 30.3 Å². The van der Waals surface area contributed by atoms with Crippen molar-refractivity contribution in [3.05, 3.63) is 42.5 Å². The first-order valence-electron chi connectivity index (χ1n) is 4.84. The normalized spacial score (nSPS) is 10.2. The third-order valence-corrected chi connectivity index (χ3v) is 3.29. The first-order chi connectivity index (χ1) is 7.66. The van der Waals surface area contributed by atoms with Gasteiger partial charge in [-0.1, -0.05) is 23.9 Å². The maximum absolute atomic E-state index is 5.86. The molecule has 6 N–H and O–H groups in total. The lowest BCUT2D eigenvalue weighted by Gasteiger charge is -2.06. The molecule has 0 heterocycles. The molecule has 3 nitrogen and oxygen atoms in total. The van der Waals surface area contributed by atoms with Crippen molar-refractivity contribution in [1.29, 1.82) is 0 Å². The standard InChI is InChI=1S/C12H13N3S/c13-9-6-5-8(7-11(9)15)16-12-4-2-1-3-10(12)14/h1-7H,13-15H2. The van der Waals surface area contributed by atoms with Crippen LogP contribution in [0.3, 0.4) is 0 Å². The lowest BCUT2D eigenvalue weighted by atomic mass is 10.3. The van der Waals surface area contributed by atoms with Crippen molar-refractivity contribution >= 4 is 28.8 Å². The van der Waals surface area contributed by atoms with E-state index in [0.717, 1.165) is 15.5 Å². The minimum atomic E-state index is 0.597. The summed E-state index contributed by atoms with van der Waals surface area (Å²) in [5.41, 5.74) is 19.2. The van der Waals surface area contributed by atoms with Crippen LogP contribution in [0.25, 0.3) is 0 Å². The number of benzene rings is 2. The molecule has 2 aromatic carbocycles. The summed E-state index contributed by atoms with van der Waals surface area (Å²) in [6.45, 7) is 0. The Bertz CT molecular complexity index is 511. The number of nitrogens with two attached hydrogens (primary N) is 3. The second-order valence-corrected chi connectivity index (χ2v) is 4.55. The van der Waals surface area contributed by atoms with E-state index in [-0.39, 0.29) is 0 Å². The van der Waals surface area contributed by atoms with E-state index in [1.807, 2.05) is 36.4 Å². The van der Waals surface area contributed by atoms with Crippen molar-refractivity contribution in [2.45, 2.75) is 9.79 Å². The molecule has 0 atom stereocenters. The van der Waals surface area contributed by atoms with Gasteiger partial charge in [-0.3, -0.25) is 0 Å². The van der Waals surface area contributed by atoms with Crippen molar-refractivity contribution in [2.24, 2.45) is 0 Å². The van der Waals surface area contributed by atoms with Crippen LogP contribution in [0.5, 0.6) is 0 Å². The highest BCUT2D eigenvalue weighted by molar-refractivity contribution is 7.99. The fourth-order valence-electron chi connectivity index (χ4n) is 1.32. The van der Waals surface area contributed by atoms with Crippen LogP contribution in [-0.2, 0) is 0 Å². The van der Waals surface area contributed by atoms with E-state index in [1.54, 1.807) is 17.8 Å². The molecule has 0 bridgehead atoms. The van der Waals surface area contributed by atoms with Gasteiger partial charge in [0.1, 0.15) is 0 Å². The molecule has 0 unspecified atom stereocenters. The molecular weight excluding hydrogens is 218 g/mol. The first kappa shape index (κ1) is 10.7. The van der Waals surface area contributed by atoms with Gasteiger partial charge >= 0.3 is 0 Å². The molecule has 2 aromatic rings. The van der Waals surface area contributed by atoms with Crippen molar-refractivity contribution in [2.75, 3.05) is 17.2 Å². The monoisotopic (exact) mass is 231 g/mol. The molecule has 2 rings (SSSR count). The van der Waals surface area contributed by atoms with Crippen LogP contribution in [0, 0.1) is 0 Å². The Labute approximate surface area is 98.6 Å². The Morgan fingerprint density at radius 1 is 0.750 bits per heavy atom. The Morgan fingerprint density at radius 3 is 2.19 bits per heavy atom. The van der Waals surface area contributed by atoms with Crippen molar-refractivity contribution in [3.63, 3.8) is 0 Å². The van der Waals surface area contributed by atoms with Gasteiger partial charge in [0.05, 0.1) is 11.4 Å². The first-order valence-corrected chi connectivity index (χ1v) is 5.66. The molecule has 0 aliphatic heterocycles.